The van der Waals surface area contributed by atoms with E-state index in [9.17, 15) is 0 Å². The van der Waals surface area contributed by atoms with Crippen molar-refractivity contribution in [2.75, 3.05) is 19.6 Å². The number of nitrogens with one attached hydrogen (secondary N) is 1. The molecule has 0 radical (unpaired) electrons. The van der Waals surface area contributed by atoms with Gasteiger partial charge in [0.2, 0.25) is 0 Å². The van der Waals surface area contributed by atoms with Gasteiger partial charge in [0.1, 0.15) is 5.15 Å². The molecular formula is C14H19Cl2N3. The Labute approximate surface area is 124 Å². The van der Waals surface area contributed by atoms with Crippen LogP contribution in [0.4, 0.5) is 0 Å². The number of fused-ring (bicyclic) bond motifs is 1. The molecule has 0 spiro atoms. The number of hydrogen-bond acceptors (Lipinski definition) is 3. The summed E-state index contributed by atoms with van der Waals surface area (Å²) in [4.78, 5) is 6.80. The Kier molecular flexibility index (Phi) is 3.73. The Hall–Kier alpha value is -0.350. The van der Waals surface area contributed by atoms with Crippen molar-refractivity contribution in [2.24, 2.45) is 11.8 Å². The van der Waals surface area contributed by atoms with E-state index < -0.39 is 0 Å². The van der Waals surface area contributed by atoms with E-state index >= 15 is 0 Å². The number of nitrogens with zero attached hydrogens (tertiary/aromatic N) is 2. The molecule has 0 aliphatic carbocycles. The first-order valence-corrected chi connectivity index (χ1v) is 7.58. The minimum Gasteiger partial charge on any atom is -0.316 e. The van der Waals surface area contributed by atoms with Gasteiger partial charge in [0.25, 0.3) is 0 Å². The summed E-state index contributed by atoms with van der Waals surface area (Å²) in [5.41, 5.74) is 1.84. The van der Waals surface area contributed by atoms with E-state index in [2.05, 4.69) is 22.1 Å². The summed E-state index contributed by atoms with van der Waals surface area (Å²) in [6.07, 6.45) is 0. The molecule has 2 fully saturated rings. The number of rotatable bonds is 2. The Morgan fingerprint density at radius 3 is 2.89 bits per heavy atom. The molecule has 0 aromatic carbocycles. The second-order valence-corrected chi connectivity index (χ2v) is 6.53. The SMILES string of the molecule is Cc1cc(Cl)c(CN2CC3CNCC3C2C)c(Cl)n1. The first-order valence-electron chi connectivity index (χ1n) is 6.82. The molecule has 2 aliphatic rings. The third kappa shape index (κ3) is 2.49. The Bertz CT molecular complexity index is 469. The third-order valence-corrected chi connectivity index (χ3v) is 5.22. The first kappa shape index (κ1) is 13.6. The molecule has 2 saturated heterocycles. The Balaban J connectivity index is 1.79. The predicted molar refractivity (Wildman–Crippen MR) is 78.7 cm³/mol. The summed E-state index contributed by atoms with van der Waals surface area (Å²) < 4.78 is 0. The van der Waals surface area contributed by atoms with Crippen LogP contribution in [0.2, 0.25) is 10.2 Å². The molecule has 19 heavy (non-hydrogen) atoms. The molecule has 1 aromatic heterocycles. The second kappa shape index (κ2) is 5.21. The van der Waals surface area contributed by atoms with E-state index in [1.165, 1.54) is 0 Å². The monoisotopic (exact) mass is 299 g/mol. The van der Waals surface area contributed by atoms with E-state index in [4.69, 9.17) is 23.2 Å². The normalized spacial score (nSPS) is 30.8. The number of halogens is 2. The van der Waals surface area contributed by atoms with Crippen LogP contribution in [-0.4, -0.2) is 35.6 Å². The molecule has 3 rings (SSSR count). The van der Waals surface area contributed by atoms with Crippen LogP contribution in [0.3, 0.4) is 0 Å². The van der Waals surface area contributed by atoms with Crippen LogP contribution in [0.25, 0.3) is 0 Å². The fourth-order valence-corrected chi connectivity index (χ4v) is 4.08. The van der Waals surface area contributed by atoms with Crippen molar-refractivity contribution >= 4 is 23.2 Å². The molecular weight excluding hydrogens is 281 g/mol. The first-order chi connectivity index (χ1) is 9.06. The highest BCUT2D eigenvalue weighted by molar-refractivity contribution is 6.35. The van der Waals surface area contributed by atoms with Crippen molar-refractivity contribution in [3.63, 3.8) is 0 Å². The fraction of sp³-hybridized carbons (Fsp3) is 0.643. The Morgan fingerprint density at radius 1 is 1.42 bits per heavy atom. The summed E-state index contributed by atoms with van der Waals surface area (Å²) in [5.74, 6) is 1.53. The zero-order valence-electron chi connectivity index (χ0n) is 11.3. The zero-order chi connectivity index (χ0) is 13.6. The molecule has 5 heteroatoms. The highest BCUT2D eigenvalue weighted by atomic mass is 35.5. The maximum atomic E-state index is 6.32. The third-order valence-electron chi connectivity index (χ3n) is 4.57. The predicted octanol–water partition coefficient (Wildman–Crippen LogP) is 2.74. The summed E-state index contributed by atoms with van der Waals surface area (Å²) in [7, 11) is 0. The summed E-state index contributed by atoms with van der Waals surface area (Å²) in [5, 5.41) is 4.76. The van der Waals surface area contributed by atoms with Gasteiger partial charge in [0.05, 0.1) is 0 Å². The smallest absolute Gasteiger partial charge is 0.135 e. The molecule has 3 atom stereocenters. The van der Waals surface area contributed by atoms with Crippen molar-refractivity contribution in [3.8, 4) is 0 Å². The van der Waals surface area contributed by atoms with Crippen LogP contribution in [0.15, 0.2) is 6.07 Å². The molecule has 1 N–H and O–H groups in total. The molecule has 3 nitrogen and oxygen atoms in total. The van der Waals surface area contributed by atoms with Gasteiger partial charge in [-0.25, -0.2) is 4.98 Å². The largest absolute Gasteiger partial charge is 0.316 e. The highest BCUT2D eigenvalue weighted by Gasteiger charge is 2.41. The van der Waals surface area contributed by atoms with Gasteiger partial charge in [0, 0.05) is 35.4 Å². The highest BCUT2D eigenvalue weighted by Crippen LogP contribution is 2.35. The van der Waals surface area contributed by atoms with Gasteiger partial charge in [-0.3, -0.25) is 4.90 Å². The average Bonchev–Trinajstić information content (AvgIpc) is 2.88. The van der Waals surface area contributed by atoms with E-state index in [1.54, 1.807) is 0 Å². The molecule has 2 aliphatic heterocycles. The maximum absolute atomic E-state index is 6.32. The second-order valence-electron chi connectivity index (χ2n) is 5.77. The van der Waals surface area contributed by atoms with Gasteiger partial charge in [0.15, 0.2) is 0 Å². The number of pyridine rings is 1. The summed E-state index contributed by atoms with van der Waals surface area (Å²) in [6, 6.07) is 2.47. The van der Waals surface area contributed by atoms with Crippen molar-refractivity contribution < 1.29 is 0 Å². The van der Waals surface area contributed by atoms with Gasteiger partial charge in [-0.2, -0.15) is 0 Å². The quantitative estimate of drug-likeness (QED) is 0.851. The standard InChI is InChI=1S/C14H19Cl2N3/c1-8-3-13(15)12(14(16)18-8)7-19-6-10-4-17-5-11(10)9(19)2/h3,9-11,17H,4-7H2,1-2H3. The van der Waals surface area contributed by atoms with Crippen LogP contribution in [-0.2, 0) is 6.54 Å². The fourth-order valence-electron chi connectivity index (χ4n) is 3.43. The molecule has 104 valence electrons. The lowest BCUT2D eigenvalue weighted by atomic mass is 9.95. The topological polar surface area (TPSA) is 28.2 Å². The van der Waals surface area contributed by atoms with Crippen LogP contribution >= 0.6 is 23.2 Å². The number of hydrogen-bond donors (Lipinski definition) is 1. The zero-order valence-corrected chi connectivity index (χ0v) is 12.8. The van der Waals surface area contributed by atoms with Crippen molar-refractivity contribution in [1.82, 2.24) is 15.2 Å². The summed E-state index contributed by atoms with van der Waals surface area (Å²) >= 11 is 12.6. The molecule has 3 unspecified atom stereocenters. The summed E-state index contributed by atoms with van der Waals surface area (Å²) in [6.45, 7) is 8.42. The van der Waals surface area contributed by atoms with Crippen molar-refractivity contribution in [3.05, 3.63) is 27.5 Å². The van der Waals surface area contributed by atoms with Crippen LogP contribution < -0.4 is 5.32 Å². The van der Waals surface area contributed by atoms with E-state index in [0.29, 0.717) is 11.2 Å². The average molecular weight is 300 g/mol. The van der Waals surface area contributed by atoms with Crippen molar-refractivity contribution in [2.45, 2.75) is 26.4 Å². The van der Waals surface area contributed by atoms with Crippen molar-refractivity contribution in [1.29, 1.82) is 0 Å². The number of aryl methyl sites for hydroxylation is 1. The molecule has 1 aromatic rings. The molecule has 3 heterocycles. The molecule has 0 bridgehead atoms. The van der Waals surface area contributed by atoms with Gasteiger partial charge in [-0.1, -0.05) is 23.2 Å². The van der Waals surface area contributed by atoms with E-state index in [0.717, 1.165) is 54.3 Å². The molecule has 0 amide bonds. The minimum atomic E-state index is 0.549. The number of likely N-dealkylation sites (tertiary alicyclic amines) is 1. The minimum absolute atomic E-state index is 0.549. The number of aromatic nitrogens is 1. The van der Waals surface area contributed by atoms with Gasteiger partial charge < -0.3 is 5.32 Å². The van der Waals surface area contributed by atoms with E-state index in [-0.39, 0.29) is 0 Å². The van der Waals surface area contributed by atoms with Crippen LogP contribution in [0, 0.1) is 18.8 Å². The van der Waals surface area contributed by atoms with Gasteiger partial charge >= 0.3 is 0 Å². The van der Waals surface area contributed by atoms with Crippen LogP contribution in [0.1, 0.15) is 18.2 Å². The lowest BCUT2D eigenvalue weighted by Gasteiger charge is -2.25. The van der Waals surface area contributed by atoms with Gasteiger partial charge in [-0.05, 0) is 44.8 Å². The molecule has 0 saturated carbocycles. The van der Waals surface area contributed by atoms with E-state index in [1.807, 2.05) is 13.0 Å². The lowest BCUT2D eigenvalue weighted by molar-refractivity contribution is 0.231. The van der Waals surface area contributed by atoms with Crippen LogP contribution in [0.5, 0.6) is 0 Å². The maximum Gasteiger partial charge on any atom is 0.135 e. The lowest BCUT2D eigenvalue weighted by Crippen LogP contribution is -2.33. The Morgan fingerprint density at radius 2 is 2.21 bits per heavy atom. The van der Waals surface area contributed by atoms with Gasteiger partial charge in [-0.15, -0.1) is 0 Å².